The molecule has 0 aliphatic heterocycles. The highest BCUT2D eigenvalue weighted by atomic mass is 16.6. The summed E-state index contributed by atoms with van der Waals surface area (Å²) in [7, 11) is 0. The summed E-state index contributed by atoms with van der Waals surface area (Å²) in [4.78, 5) is 18.7. The van der Waals surface area contributed by atoms with E-state index in [1.54, 1.807) is 12.1 Å². The lowest BCUT2D eigenvalue weighted by atomic mass is 10.0. The normalized spacial score (nSPS) is 11.0. The topological polar surface area (TPSA) is 100 Å². The van der Waals surface area contributed by atoms with Crippen molar-refractivity contribution in [1.29, 1.82) is 0 Å². The summed E-state index contributed by atoms with van der Waals surface area (Å²) in [6.07, 6.45) is 0. The number of fused-ring (bicyclic) bond motifs is 1. The summed E-state index contributed by atoms with van der Waals surface area (Å²) in [5.74, 6) is 0.687. The number of aromatic nitrogens is 4. The molecule has 0 saturated heterocycles. The minimum atomic E-state index is -0.410. The summed E-state index contributed by atoms with van der Waals surface area (Å²) < 4.78 is 0. The van der Waals surface area contributed by atoms with Crippen LogP contribution in [0.15, 0.2) is 78.9 Å². The highest BCUT2D eigenvalue weighted by Gasteiger charge is 2.21. The molecule has 7 nitrogen and oxygen atoms in total. The van der Waals surface area contributed by atoms with Crippen molar-refractivity contribution >= 4 is 16.7 Å². The van der Waals surface area contributed by atoms with Crippen LogP contribution in [0.3, 0.4) is 0 Å². The molecule has 3 aromatic carbocycles. The molecule has 5 rings (SSSR count). The first-order chi connectivity index (χ1) is 14.2. The Morgan fingerprint density at radius 3 is 2.28 bits per heavy atom. The van der Waals surface area contributed by atoms with Crippen LogP contribution in [0.25, 0.3) is 44.9 Å². The average Bonchev–Trinajstić information content (AvgIpc) is 3.38. The van der Waals surface area contributed by atoms with Gasteiger partial charge in [-0.05, 0) is 24.3 Å². The minimum Gasteiger partial charge on any atom is -0.338 e. The van der Waals surface area contributed by atoms with Crippen molar-refractivity contribution in [2.24, 2.45) is 0 Å². The zero-order valence-electron chi connectivity index (χ0n) is 15.2. The summed E-state index contributed by atoms with van der Waals surface area (Å²) in [5.41, 5.74) is 5.90. The number of nitrogens with one attached hydrogen (secondary N) is 2. The Hall–Kier alpha value is -4.26. The number of non-ortho nitro benzene ring substituents is 1. The molecule has 2 heterocycles. The van der Waals surface area contributed by atoms with Gasteiger partial charge in [-0.1, -0.05) is 42.5 Å². The van der Waals surface area contributed by atoms with Crippen molar-refractivity contribution in [1.82, 2.24) is 20.2 Å². The van der Waals surface area contributed by atoms with Gasteiger partial charge in [0.1, 0.15) is 11.5 Å². The minimum absolute atomic E-state index is 0.0434. The first kappa shape index (κ1) is 16.9. The number of nitrogens with zero attached hydrogens (tertiary/aromatic N) is 3. The largest absolute Gasteiger partial charge is 0.338 e. The fourth-order valence-electron chi connectivity index (χ4n) is 3.41. The summed E-state index contributed by atoms with van der Waals surface area (Å²) in [6, 6.07) is 24.1. The van der Waals surface area contributed by atoms with Gasteiger partial charge in [0.2, 0.25) is 0 Å². The second-order valence-corrected chi connectivity index (χ2v) is 6.59. The Morgan fingerprint density at radius 2 is 1.55 bits per heavy atom. The quantitative estimate of drug-likeness (QED) is 0.330. The van der Waals surface area contributed by atoms with Crippen molar-refractivity contribution in [3.8, 4) is 33.9 Å². The lowest BCUT2D eigenvalue weighted by Gasteiger charge is -2.04. The molecule has 5 aromatic rings. The van der Waals surface area contributed by atoms with Crippen LogP contribution in [0.2, 0.25) is 0 Å². The Labute approximate surface area is 165 Å². The predicted octanol–water partition coefficient (Wildman–Crippen LogP) is 5.20. The summed E-state index contributed by atoms with van der Waals surface area (Å²) in [5, 5.41) is 18.6. The van der Waals surface area contributed by atoms with E-state index in [1.807, 2.05) is 54.6 Å². The van der Waals surface area contributed by atoms with Crippen LogP contribution in [0.5, 0.6) is 0 Å². The van der Waals surface area contributed by atoms with Crippen LogP contribution < -0.4 is 0 Å². The van der Waals surface area contributed by atoms with Gasteiger partial charge < -0.3 is 4.98 Å². The maximum atomic E-state index is 11.0. The number of imidazole rings is 1. The standard InChI is InChI=1S/C22H15N5O2/c28-27(29)16-12-10-15(11-13-16)21-19(20(25-26-21)14-6-2-1-3-7-14)22-23-17-8-4-5-9-18(17)24-22/h1-13H,(H,23,24)(H,25,26). The van der Waals surface area contributed by atoms with Crippen molar-refractivity contribution in [2.45, 2.75) is 0 Å². The molecule has 0 fully saturated rings. The number of para-hydroxylation sites is 2. The maximum Gasteiger partial charge on any atom is 0.269 e. The molecule has 7 heteroatoms. The summed E-state index contributed by atoms with van der Waals surface area (Å²) >= 11 is 0. The zero-order valence-corrected chi connectivity index (χ0v) is 15.2. The molecule has 2 N–H and O–H groups in total. The molecule has 0 aliphatic rings. The Balaban J connectivity index is 1.73. The number of hydrogen-bond donors (Lipinski definition) is 2. The second-order valence-electron chi connectivity index (χ2n) is 6.59. The number of nitro groups is 1. The molecule has 0 saturated carbocycles. The van der Waals surface area contributed by atoms with E-state index in [-0.39, 0.29) is 5.69 Å². The highest BCUT2D eigenvalue weighted by Crippen LogP contribution is 2.38. The molecular formula is C22H15N5O2. The van der Waals surface area contributed by atoms with Gasteiger partial charge in [-0.15, -0.1) is 0 Å². The third-order valence-electron chi connectivity index (χ3n) is 4.81. The molecule has 0 amide bonds. The fraction of sp³-hybridized carbons (Fsp3) is 0. The molecule has 0 bridgehead atoms. The van der Waals surface area contributed by atoms with E-state index >= 15 is 0 Å². The molecule has 0 aliphatic carbocycles. The smallest absolute Gasteiger partial charge is 0.269 e. The molecule has 2 aromatic heterocycles. The van der Waals surface area contributed by atoms with Crippen molar-refractivity contribution in [3.05, 3.63) is 89.0 Å². The highest BCUT2D eigenvalue weighted by molar-refractivity contribution is 5.91. The van der Waals surface area contributed by atoms with Gasteiger partial charge in [-0.3, -0.25) is 15.2 Å². The zero-order chi connectivity index (χ0) is 19.8. The first-order valence-electron chi connectivity index (χ1n) is 9.04. The number of H-pyrrole nitrogens is 2. The molecule has 140 valence electrons. The predicted molar refractivity (Wildman–Crippen MR) is 111 cm³/mol. The average molecular weight is 381 g/mol. The van der Waals surface area contributed by atoms with E-state index in [2.05, 4.69) is 15.2 Å². The van der Waals surface area contributed by atoms with E-state index in [0.717, 1.165) is 39.1 Å². The lowest BCUT2D eigenvalue weighted by molar-refractivity contribution is -0.384. The third-order valence-corrected chi connectivity index (χ3v) is 4.81. The van der Waals surface area contributed by atoms with Crippen LogP contribution in [-0.2, 0) is 0 Å². The van der Waals surface area contributed by atoms with Crippen LogP contribution in [0, 0.1) is 10.1 Å². The molecule has 0 unspecified atom stereocenters. The molecule has 0 spiro atoms. The number of nitro benzene ring substituents is 1. The molecular weight excluding hydrogens is 366 g/mol. The van der Waals surface area contributed by atoms with Crippen molar-refractivity contribution < 1.29 is 4.92 Å². The second kappa shape index (κ2) is 6.72. The van der Waals surface area contributed by atoms with Crippen LogP contribution in [0.1, 0.15) is 0 Å². The summed E-state index contributed by atoms with van der Waals surface area (Å²) in [6.45, 7) is 0. The first-order valence-corrected chi connectivity index (χ1v) is 9.04. The fourth-order valence-corrected chi connectivity index (χ4v) is 3.41. The third kappa shape index (κ3) is 2.94. The lowest BCUT2D eigenvalue weighted by Crippen LogP contribution is -1.89. The van der Waals surface area contributed by atoms with Gasteiger partial charge in [-0.25, -0.2) is 4.98 Å². The van der Waals surface area contributed by atoms with Crippen LogP contribution >= 0.6 is 0 Å². The van der Waals surface area contributed by atoms with Crippen LogP contribution in [0.4, 0.5) is 5.69 Å². The Bertz CT molecular complexity index is 1290. The van der Waals surface area contributed by atoms with Gasteiger partial charge in [0.05, 0.1) is 27.2 Å². The van der Waals surface area contributed by atoms with Gasteiger partial charge in [-0.2, -0.15) is 5.10 Å². The van der Waals surface area contributed by atoms with E-state index in [0.29, 0.717) is 5.82 Å². The molecule has 0 atom stereocenters. The van der Waals surface area contributed by atoms with Crippen LogP contribution in [-0.4, -0.2) is 25.1 Å². The van der Waals surface area contributed by atoms with E-state index < -0.39 is 4.92 Å². The maximum absolute atomic E-state index is 11.0. The van der Waals surface area contributed by atoms with E-state index in [4.69, 9.17) is 4.98 Å². The van der Waals surface area contributed by atoms with E-state index in [9.17, 15) is 10.1 Å². The van der Waals surface area contributed by atoms with Gasteiger partial charge in [0.15, 0.2) is 0 Å². The number of aromatic amines is 2. The van der Waals surface area contributed by atoms with Gasteiger partial charge in [0.25, 0.3) is 5.69 Å². The number of hydrogen-bond acceptors (Lipinski definition) is 4. The SMILES string of the molecule is O=[N+]([O-])c1ccc(-c2[nH]nc(-c3ccccc3)c2-c2nc3ccccc3[nH]2)cc1. The number of benzene rings is 3. The Morgan fingerprint density at radius 1 is 0.828 bits per heavy atom. The van der Waals surface area contributed by atoms with E-state index in [1.165, 1.54) is 12.1 Å². The molecule has 0 radical (unpaired) electrons. The molecule has 29 heavy (non-hydrogen) atoms. The Kier molecular flexibility index (Phi) is 3.91. The van der Waals surface area contributed by atoms with Crippen molar-refractivity contribution in [2.75, 3.05) is 0 Å². The van der Waals surface area contributed by atoms with Gasteiger partial charge in [0, 0.05) is 23.3 Å². The van der Waals surface area contributed by atoms with Crippen molar-refractivity contribution in [3.63, 3.8) is 0 Å². The monoisotopic (exact) mass is 381 g/mol. The number of rotatable bonds is 4. The van der Waals surface area contributed by atoms with Gasteiger partial charge >= 0.3 is 0 Å².